The molecule has 1 aliphatic carbocycles. The lowest BCUT2D eigenvalue weighted by Gasteiger charge is -2.39. The molecule has 4 heterocycles. The number of fused-ring (bicyclic) bond motifs is 3. The molecular weight excluding hydrogens is 409 g/mol. The second-order valence-corrected chi connectivity index (χ2v) is 10.5. The summed E-state index contributed by atoms with van der Waals surface area (Å²) in [6, 6.07) is 2.38. The molecule has 31 heavy (non-hydrogen) atoms. The van der Waals surface area contributed by atoms with Crippen molar-refractivity contribution in [2.75, 3.05) is 11.9 Å². The van der Waals surface area contributed by atoms with E-state index in [2.05, 4.69) is 31.2 Å². The van der Waals surface area contributed by atoms with Crippen molar-refractivity contribution in [1.82, 2.24) is 14.7 Å². The lowest BCUT2D eigenvalue weighted by molar-refractivity contribution is -0.174. The van der Waals surface area contributed by atoms with Crippen LogP contribution in [0.5, 0.6) is 0 Å². The average molecular weight is 436 g/mol. The molecule has 0 aromatic carbocycles. The Labute approximate surface area is 178 Å². The van der Waals surface area contributed by atoms with Crippen LogP contribution in [-0.4, -0.2) is 39.4 Å². The highest BCUT2D eigenvalue weighted by molar-refractivity contribution is 5.93. The highest BCUT2D eigenvalue weighted by Crippen LogP contribution is 2.53. The summed E-state index contributed by atoms with van der Waals surface area (Å²) >= 11 is 0. The van der Waals surface area contributed by atoms with Crippen LogP contribution in [0.2, 0.25) is 0 Å². The zero-order valence-corrected chi connectivity index (χ0v) is 17.9. The van der Waals surface area contributed by atoms with Crippen molar-refractivity contribution in [2.45, 2.75) is 70.8 Å². The molecular formula is C22H27F3N4O2. The second kappa shape index (κ2) is 6.53. The van der Waals surface area contributed by atoms with Gasteiger partial charge in [0, 0.05) is 25.1 Å². The lowest BCUT2D eigenvalue weighted by atomic mass is 9.65. The maximum absolute atomic E-state index is 13.8. The van der Waals surface area contributed by atoms with E-state index in [0.29, 0.717) is 12.3 Å². The number of nitrogens with one attached hydrogen (secondary N) is 1. The van der Waals surface area contributed by atoms with Gasteiger partial charge in [-0.1, -0.05) is 20.8 Å². The number of halogens is 3. The number of nitrogens with zero attached hydrogens (tertiary/aromatic N) is 3. The van der Waals surface area contributed by atoms with Gasteiger partial charge in [0.25, 0.3) is 5.91 Å². The van der Waals surface area contributed by atoms with Gasteiger partial charge in [0.05, 0.1) is 12.3 Å². The molecule has 0 unspecified atom stereocenters. The van der Waals surface area contributed by atoms with Crippen LogP contribution in [0.1, 0.15) is 74.8 Å². The predicted molar refractivity (Wildman–Crippen MR) is 108 cm³/mol. The van der Waals surface area contributed by atoms with Crippen molar-refractivity contribution in [2.24, 2.45) is 10.8 Å². The molecule has 0 spiro atoms. The van der Waals surface area contributed by atoms with E-state index in [1.54, 1.807) is 12.1 Å². The minimum absolute atomic E-state index is 0.0402. The Kier molecular flexibility index (Phi) is 4.31. The number of carbonyl (C=O) groups excluding carboxylic acids is 1. The van der Waals surface area contributed by atoms with E-state index in [-0.39, 0.29) is 40.7 Å². The molecule has 1 N–H and O–H groups in total. The Hall–Kier alpha value is -2.45. The first-order chi connectivity index (χ1) is 14.4. The van der Waals surface area contributed by atoms with Crippen molar-refractivity contribution in [3.63, 3.8) is 0 Å². The van der Waals surface area contributed by atoms with Gasteiger partial charge in [0.2, 0.25) is 0 Å². The number of hydrogen-bond acceptors (Lipinski definition) is 4. The smallest absolute Gasteiger partial charge is 0.410 e. The Morgan fingerprint density at radius 3 is 2.74 bits per heavy atom. The van der Waals surface area contributed by atoms with E-state index in [1.807, 2.05) is 4.90 Å². The van der Waals surface area contributed by atoms with Crippen LogP contribution in [-0.2, 0) is 0 Å². The van der Waals surface area contributed by atoms with Gasteiger partial charge in [-0.3, -0.25) is 4.79 Å². The number of carbonyl (C=O) groups is 1. The van der Waals surface area contributed by atoms with E-state index in [9.17, 15) is 18.0 Å². The summed E-state index contributed by atoms with van der Waals surface area (Å²) in [7, 11) is 0. The van der Waals surface area contributed by atoms with Gasteiger partial charge in [-0.25, -0.2) is 4.68 Å². The molecule has 5 rings (SSSR count). The molecule has 0 radical (unpaired) electrons. The maximum atomic E-state index is 13.8. The standard InChI is InChI=1S/C22H27F3N4O2/c1-20(2)9-13-10-21(3,11-20)12-28(13)19(30)15-8-18-26-14(16-5-4-6-31-16)7-17(22(23,24)25)29(18)27-15/h4-6,8,13-14,17,26H,7,9-12H2,1-3H3/t13-,14-,17+,21-/m1/s1. The number of hydrogen-bond donors (Lipinski definition) is 1. The van der Waals surface area contributed by atoms with E-state index in [0.717, 1.165) is 23.9 Å². The molecule has 2 aliphatic heterocycles. The first-order valence-electron chi connectivity index (χ1n) is 10.7. The number of likely N-dealkylation sites (tertiary alicyclic amines) is 1. The zero-order valence-electron chi connectivity index (χ0n) is 17.9. The molecule has 2 aromatic heterocycles. The van der Waals surface area contributed by atoms with E-state index in [1.165, 1.54) is 12.3 Å². The summed E-state index contributed by atoms with van der Waals surface area (Å²) in [5.74, 6) is 0.329. The molecule has 4 atom stereocenters. The van der Waals surface area contributed by atoms with Gasteiger partial charge < -0.3 is 14.6 Å². The van der Waals surface area contributed by atoms with Crippen LogP contribution in [0.4, 0.5) is 19.0 Å². The number of alkyl halides is 3. The summed E-state index contributed by atoms with van der Waals surface area (Å²) in [5.41, 5.74) is 0.239. The molecule has 1 saturated carbocycles. The number of rotatable bonds is 2. The van der Waals surface area contributed by atoms with Crippen LogP contribution >= 0.6 is 0 Å². The summed E-state index contributed by atoms with van der Waals surface area (Å²) in [6.45, 7) is 7.25. The number of furan rings is 1. The molecule has 2 bridgehead atoms. The first-order valence-corrected chi connectivity index (χ1v) is 10.7. The summed E-state index contributed by atoms with van der Waals surface area (Å²) in [6.07, 6.45) is -0.449. The Morgan fingerprint density at radius 2 is 2.06 bits per heavy atom. The van der Waals surface area contributed by atoms with Crippen LogP contribution in [0.15, 0.2) is 28.9 Å². The van der Waals surface area contributed by atoms with Gasteiger partial charge in [-0.2, -0.15) is 18.3 Å². The highest BCUT2D eigenvalue weighted by atomic mass is 19.4. The molecule has 168 valence electrons. The topological polar surface area (TPSA) is 63.3 Å². The minimum atomic E-state index is -4.49. The molecule has 6 nitrogen and oxygen atoms in total. The van der Waals surface area contributed by atoms with Crippen LogP contribution in [0.3, 0.4) is 0 Å². The fraction of sp³-hybridized carbons (Fsp3) is 0.636. The summed E-state index contributed by atoms with van der Waals surface area (Å²) < 4.78 is 47.8. The Bertz CT molecular complexity index is 997. The third-order valence-corrected chi connectivity index (χ3v) is 6.97. The SMILES string of the molecule is CC1(C)C[C@@H]2C[C@@](C)(CN2C(=O)c2cc3n(n2)[C@H](C(F)(F)F)C[C@H](c2ccco2)N3)C1. The lowest BCUT2D eigenvalue weighted by Crippen LogP contribution is -2.38. The van der Waals surface area contributed by atoms with Crippen molar-refractivity contribution < 1.29 is 22.4 Å². The molecule has 1 amide bonds. The van der Waals surface area contributed by atoms with Crippen molar-refractivity contribution in [3.8, 4) is 0 Å². The molecule has 2 aromatic rings. The van der Waals surface area contributed by atoms with Crippen LogP contribution < -0.4 is 5.32 Å². The fourth-order valence-electron chi connectivity index (χ4n) is 6.20. The molecule has 2 fully saturated rings. The third-order valence-electron chi connectivity index (χ3n) is 6.97. The normalized spacial score (nSPS) is 31.9. The molecule has 1 saturated heterocycles. The van der Waals surface area contributed by atoms with Gasteiger partial charge in [0.15, 0.2) is 11.7 Å². The van der Waals surface area contributed by atoms with Crippen molar-refractivity contribution in [3.05, 3.63) is 35.9 Å². The highest BCUT2D eigenvalue weighted by Gasteiger charge is 2.52. The van der Waals surface area contributed by atoms with Gasteiger partial charge >= 0.3 is 6.18 Å². The predicted octanol–water partition coefficient (Wildman–Crippen LogP) is 5.18. The quantitative estimate of drug-likeness (QED) is 0.705. The third kappa shape index (κ3) is 3.51. The van der Waals surface area contributed by atoms with Crippen molar-refractivity contribution in [1.29, 1.82) is 0 Å². The number of anilines is 1. The van der Waals surface area contributed by atoms with Crippen molar-refractivity contribution >= 4 is 11.7 Å². The minimum Gasteiger partial charge on any atom is -0.467 e. The second-order valence-electron chi connectivity index (χ2n) is 10.5. The number of amides is 1. The van der Waals surface area contributed by atoms with Gasteiger partial charge in [0.1, 0.15) is 11.6 Å². The maximum Gasteiger partial charge on any atom is 0.410 e. The Balaban J connectivity index is 1.46. The summed E-state index contributed by atoms with van der Waals surface area (Å²) in [4.78, 5) is 15.2. The first kappa shape index (κ1) is 20.5. The monoisotopic (exact) mass is 436 g/mol. The molecule has 9 heteroatoms. The largest absolute Gasteiger partial charge is 0.467 e. The zero-order chi connectivity index (χ0) is 22.2. The van der Waals surface area contributed by atoms with E-state index < -0.39 is 18.3 Å². The van der Waals surface area contributed by atoms with E-state index in [4.69, 9.17) is 4.42 Å². The number of aromatic nitrogens is 2. The van der Waals surface area contributed by atoms with Crippen LogP contribution in [0.25, 0.3) is 0 Å². The average Bonchev–Trinajstić information content (AvgIpc) is 3.35. The van der Waals surface area contributed by atoms with Crippen LogP contribution in [0, 0.1) is 10.8 Å². The van der Waals surface area contributed by atoms with Gasteiger partial charge in [-0.15, -0.1) is 0 Å². The Morgan fingerprint density at radius 1 is 1.29 bits per heavy atom. The molecule has 3 aliphatic rings. The fourth-order valence-corrected chi connectivity index (χ4v) is 6.20. The van der Waals surface area contributed by atoms with Gasteiger partial charge in [-0.05, 0) is 42.2 Å². The summed E-state index contributed by atoms with van der Waals surface area (Å²) in [5, 5.41) is 7.21. The van der Waals surface area contributed by atoms with E-state index >= 15 is 0 Å².